The maximum absolute atomic E-state index is 6.38. The molecular weight excluding hydrogens is 310 g/mol. The first kappa shape index (κ1) is 17.0. The summed E-state index contributed by atoms with van der Waals surface area (Å²) in [6.45, 7) is 4.70. The van der Waals surface area contributed by atoms with Crippen molar-refractivity contribution in [2.45, 2.75) is 44.2 Å². The molecule has 2 fully saturated rings. The third-order valence-corrected chi connectivity index (χ3v) is 5.72. The highest BCUT2D eigenvalue weighted by molar-refractivity contribution is 5.82. The van der Waals surface area contributed by atoms with Crippen LogP contribution in [0.1, 0.15) is 31.2 Å². The Morgan fingerprint density at radius 1 is 0.960 bits per heavy atom. The van der Waals surface area contributed by atoms with Crippen molar-refractivity contribution in [3.63, 3.8) is 0 Å². The third-order valence-electron chi connectivity index (χ3n) is 5.72. The van der Waals surface area contributed by atoms with Crippen molar-refractivity contribution >= 4 is 10.8 Å². The van der Waals surface area contributed by atoms with Gasteiger partial charge in [0.25, 0.3) is 0 Å². The van der Waals surface area contributed by atoms with E-state index in [9.17, 15) is 0 Å². The zero-order valence-corrected chi connectivity index (χ0v) is 15.0. The average molecular weight is 339 g/mol. The summed E-state index contributed by atoms with van der Waals surface area (Å²) in [5.41, 5.74) is 1.37. The maximum atomic E-state index is 6.38. The fraction of sp³-hybridized carbons (Fsp3) is 0.545. The third kappa shape index (κ3) is 4.22. The van der Waals surface area contributed by atoms with Crippen LogP contribution >= 0.6 is 0 Å². The largest absolute Gasteiger partial charge is 0.379 e. The predicted molar refractivity (Wildman–Crippen MR) is 102 cm³/mol. The van der Waals surface area contributed by atoms with E-state index < -0.39 is 0 Å². The normalized spacial score (nSPS) is 25.3. The first-order valence-electron chi connectivity index (χ1n) is 9.81. The summed E-state index contributed by atoms with van der Waals surface area (Å²) in [7, 11) is 0. The lowest BCUT2D eigenvalue weighted by Crippen LogP contribution is -2.51. The number of nitrogens with zero attached hydrogens (tertiary/aromatic N) is 1. The van der Waals surface area contributed by atoms with Gasteiger partial charge in [-0.15, -0.1) is 0 Å². The molecule has 2 aliphatic rings. The first-order valence-corrected chi connectivity index (χ1v) is 9.81. The molecule has 2 atom stereocenters. The second kappa shape index (κ2) is 8.31. The Morgan fingerprint density at radius 3 is 2.64 bits per heavy atom. The highest BCUT2D eigenvalue weighted by atomic mass is 16.5. The van der Waals surface area contributed by atoms with Crippen LogP contribution in [0.4, 0.5) is 0 Å². The zero-order chi connectivity index (χ0) is 16.9. The molecule has 0 bridgehead atoms. The summed E-state index contributed by atoms with van der Waals surface area (Å²) in [6, 6.07) is 15.9. The lowest BCUT2D eigenvalue weighted by atomic mass is 9.91. The summed E-state index contributed by atoms with van der Waals surface area (Å²) in [4.78, 5) is 2.60. The molecule has 25 heavy (non-hydrogen) atoms. The smallest absolute Gasteiger partial charge is 0.0730 e. The van der Waals surface area contributed by atoms with E-state index in [2.05, 4.69) is 47.4 Å². The fourth-order valence-corrected chi connectivity index (χ4v) is 4.32. The van der Waals surface area contributed by atoms with E-state index in [4.69, 9.17) is 9.47 Å². The first-order chi connectivity index (χ1) is 12.4. The van der Waals surface area contributed by atoms with Crippen molar-refractivity contribution in [2.75, 3.05) is 32.9 Å². The van der Waals surface area contributed by atoms with Crippen LogP contribution in [0.3, 0.4) is 0 Å². The topological polar surface area (TPSA) is 21.7 Å². The summed E-state index contributed by atoms with van der Waals surface area (Å²) >= 11 is 0. The summed E-state index contributed by atoms with van der Waals surface area (Å²) in [5.74, 6) is 0. The molecule has 1 aliphatic heterocycles. The van der Waals surface area contributed by atoms with Gasteiger partial charge in [0.2, 0.25) is 0 Å². The number of hydrogen-bond donors (Lipinski definition) is 0. The molecule has 1 saturated heterocycles. The summed E-state index contributed by atoms with van der Waals surface area (Å²) in [6.07, 6.45) is 6.53. The van der Waals surface area contributed by atoms with Gasteiger partial charge in [0, 0.05) is 19.1 Å². The SMILES string of the molecule is c1ccc2cc(CCO[C@@H]3CCCC[C@H]3N3CCOCC3)ccc2c1. The van der Waals surface area contributed by atoms with Crippen molar-refractivity contribution in [1.29, 1.82) is 0 Å². The van der Waals surface area contributed by atoms with Gasteiger partial charge in [-0.05, 0) is 35.6 Å². The Bertz CT molecular complexity index is 681. The minimum Gasteiger partial charge on any atom is -0.379 e. The van der Waals surface area contributed by atoms with Crippen molar-refractivity contribution in [3.8, 4) is 0 Å². The Labute approximate surface area is 150 Å². The second-order valence-electron chi connectivity index (χ2n) is 7.34. The van der Waals surface area contributed by atoms with Gasteiger partial charge in [-0.2, -0.15) is 0 Å². The average Bonchev–Trinajstić information content (AvgIpc) is 2.69. The Kier molecular flexibility index (Phi) is 5.65. The number of morpholine rings is 1. The van der Waals surface area contributed by atoms with E-state index in [0.717, 1.165) is 39.3 Å². The number of hydrogen-bond acceptors (Lipinski definition) is 3. The fourth-order valence-electron chi connectivity index (χ4n) is 4.32. The molecule has 1 aliphatic carbocycles. The summed E-state index contributed by atoms with van der Waals surface area (Å²) < 4.78 is 11.9. The quantitative estimate of drug-likeness (QED) is 0.820. The molecule has 0 spiro atoms. The molecule has 3 heteroatoms. The lowest BCUT2D eigenvalue weighted by Gasteiger charge is -2.41. The molecule has 134 valence electrons. The number of ether oxygens (including phenoxy) is 2. The zero-order valence-electron chi connectivity index (χ0n) is 15.0. The van der Waals surface area contributed by atoms with E-state index in [1.165, 1.54) is 42.0 Å². The lowest BCUT2D eigenvalue weighted by molar-refractivity contribution is -0.0647. The molecule has 1 heterocycles. The van der Waals surface area contributed by atoms with Crippen LogP contribution in [-0.2, 0) is 15.9 Å². The van der Waals surface area contributed by atoms with Gasteiger partial charge in [0.05, 0.1) is 25.9 Å². The van der Waals surface area contributed by atoms with Crippen molar-refractivity contribution in [1.82, 2.24) is 4.90 Å². The van der Waals surface area contributed by atoms with Crippen LogP contribution in [0, 0.1) is 0 Å². The molecule has 4 rings (SSSR count). The van der Waals surface area contributed by atoms with E-state index in [-0.39, 0.29) is 0 Å². The standard InChI is InChI=1S/C22H29NO2/c1-2-6-20-17-18(9-10-19(20)5-1)11-14-25-22-8-4-3-7-21(22)23-12-15-24-16-13-23/h1-2,5-6,9-10,17,21-22H,3-4,7-8,11-16H2/t21-,22-/m1/s1. The number of benzene rings is 2. The number of fused-ring (bicyclic) bond motifs is 1. The highest BCUT2D eigenvalue weighted by Crippen LogP contribution is 2.26. The molecule has 0 N–H and O–H groups in total. The summed E-state index contributed by atoms with van der Waals surface area (Å²) in [5, 5.41) is 2.63. The molecule has 0 unspecified atom stereocenters. The molecule has 0 radical (unpaired) electrons. The van der Waals surface area contributed by atoms with Gasteiger partial charge < -0.3 is 9.47 Å². The minimum atomic E-state index is 0.396. The van der Waals surface area contributed by atoms with Crippen molar-refractivity contribution in [3.05, 3.63) is 48.0 Å². The van der Waals surface area contributed by atoms with Crippen LogP contribution in [-0.4, -0.2) is 50.0 Å². The monoisotopic (exact) mass is 339 g/mol. The van der Waals surface area contributed by atoms with Crippen molar-refractivity contribution < 1.29 is 9.47 Å². The van der Waals surface area contributed by atoms with Gasteiger partial charge in [0.1, 0.15) is 0 Å². The van der Waals surface area contributed by atoms with Crippen LogP contribution in [0.25, 0.3) is 10.8 Å². The van der Waals surface area contributed by atoms with Crippen LogP contribution in [0.5, 0.6) is 0 Å². The second-order valence-corrected chi connectivity index (χ2v) is 7.34. The predicted octanol–water partition coefficient (Wildman–Crippen LogP) is 4.04. The Morgan fingerprint density at radius 2 is 1.76 bits per heavy atom. The van der Waals surface area contributed by atoms with Gasteiger partial charge >= 0.3 is 0 Å². The maximum Gasteiger partial charge on any atom is 0.0730 e. The molecule has 3 nitrogen and oxygen atoms in total. The Hall–Kier alpha value is -1.42. The molecule has 1 saturated carbocycles. The van der Waals surface area contributed by atoms with E-state index in [0.29, 0.717) is 12.1 Å². The van der Waals surface area contributed by atoms with Crippen LogP contribution < -0.4 is 0 Å². The Balaban J connectivity index is 1.34. The van der Waals surface area contributed by atoms with Gasteiger partial charge in [-0.25, -0.2) is 0 Å². The molecule has 0 aromatic heterocycles. The molecule has 2 aromatic carbocycles. The van der Waals surface area contributed by atoms with Crippen molar-refractivity contribution in [2.24, 2.45) is 0 Å². The molecule has 0 amide bonds. The van der Waals surface area contributed by atoms with E-state index in [1.807, 2.05) is 0 Å². The minimum absolute atomic E-state index is 0.396. The van der Waals surface area contributed by atoms with E-state index >= 15 is 0 Å². The van der Waals surface area contributed by atoms with Gasteiger partial charge in [-0.1, -0.05) is 55.3 Å². The van der Waals surface area contributed by atoms with Gasteiger partial charge in [0.15, 0.2) is 0 Å². The van der Waals surface area contributed by atoms with E-state index in [1.54, 1.807) is 0 Å². The molecular formula is C22H29NO2. The number of rotatable bonds is 5. The molecule has 2 aromatic rings. The van der Waals surface area contributed by atoms with Crippen LogP contribution in [0.2, 0.25) is 0 Å². The van der Waals surface area contributed by atoms with Crippen LogP contribution in [0.15, 0.2) is 42.5 Å². The van der Waals surface area contributed by atoms with Gasteiger partial charge in [-0.3, -0.25) is 4.90 Å². The highest BCUT2D eigenvalue weighted by Gasteiger charge is 2.31.